The zero-order valence-corrected chi connectivity index (χ0v) is 22.7. The maximum atomic E-state index is 13.4. The number of sulfonamides is 1. The molecule has 0 unspecified atom stereocenters. The minimum Gasteiger partial charge on any atom is -0.366 e. The number of fused-ring (bicyclic) bond motifs is 1. The summed E-state index contributed by atoms with van der Waals surface area (Å²) in [6, 6.07) is 4.90. The van der Waals surface area contributed by atoms with Crippen LogP contribution in [-0.2, 0) is 10.0 Å². The first-order valence-corrected chi connectivity index (χ1v) is 14.3. The van der Waals surface area contributed by atoms with Crippen molar-refractivity contribution < 1.29 is 22.0 Å². The summed E-state index contributed by atoms with van der Waals surface area (Å²) in [7, 11) is -0.803. The molecule has 3 aromatic rings. The van der Waals surface area contributed by atoms with Crippen molar-refractivity contribution >= 4 is 50.2 Å². The van der Waals surface area contributed by atoms with E-state index < -0.39 is 27.0 Å². The third-order valence-electron chi connectivity index (χ3n) is 6.49. The van der Waals surface area contributed by atoms with Gasteiger partial charge in [-0.2, -0.15) is 9.98 Å². The summed E-state index contributed by atoms with van der Waals surface area (Å²) < 4.78 is 57.2. The highest BCUT2D eigenvalue weighted by molar-refractivity contribution is 7.89. The lowest BCUT2D eigenvalue weighted by atomic mass is 10.2. The highest BCUT2D eigenvalue weighted by Gasteiger charge is 2.47. The Kier molecular flexibility index (Phi) is 6.70. The zero-order chi connectivity index (χ0) is 27.4. The molecule has 2 aliphatic rings. The van der Waals surface area contributed by atoms with E-state index in [1.165, 1.54) is 27.6 Å². The smallest absolute Gasteiger partial charge is 0.319 e. The van der Waals surface area contributed by atoms with E-state index >= 15 is 0 Å². The van der Waals surface area contributed by atoms with Gasteiger partial charge < -0.3 is 19.1 Å². The number of hydrogen-bond donors (Lipinski definition) is 1. The van der Waals surface area contributed by atoms with Crippen LogP contribution in [0.1, 0.15) is 24.3 Å². The van der Waals surface area contributed by atoms with E-state index in [-0.39, 0.29) is 21.0 Å². The first-order chi connectivity index (χ1) is 17.9. The maximum Gasteiger partial charge on any atom is 0.319 e. The number of rotatable bonds is 6. The normalized spacial score (nSPS) is 17.2. The molecule has 0 spiro atoms. The van der Waals surface area contributed by atoms with Gasteiger partial charge in [0.2, 0.25) is 10.0 Å². The lowest BCUT2D eigenvalue weighted by Gasteiger charge is -2.37. The molecule has 2 fully saturated rings. The Bertz CT molecular complexity index is 1550. The van der Waals surface area contributed by atoms with Crippen molar-refractivity contribution in [1.82, 2.24) is 29.1 Å². The number of pyridine rings is 1. The second kappa shape index (κ2) is 9.60. The fourth-order valence-electron chi connectivity index (χ4n) is 4.32. The number of nitrogens with zero attached hydrogens (tertiary/aromatic N) is 7. The number of alkyl halides is 2. The molecule has 0 atom stereocenters. The van der Waals surface area contributed by atoms with Gasteiger partial charge in [-0.1, -0.05) is 22.9 Å². The largest absolute Gasteiger partial charge is 0.366 e. The fourth-order valence-corrected chi connectivity index (χ4v) is 6.72. The van der Waals surface area contributed by atoms with Crippen LogP contribution in [0.3, 0.4) is 0 Å². The summed E-state index contributed by atoms with van der Waals surface area (Å²) >= 11 is 7.31. The molecule has 11 nitrogen and oxygen atoms in total. The van der Waals surface area contributed by atoms with Crippen molar-refractivity contribution in [3.05, 3.63) is 28.4 Å². The van der Waals surface area contributed by atoms with Gasteiger partial charge in [-0.15, -0.1) is 10.2 Å². The third kappa shape index (κ3) is 4.77. The van der Waals surface area contributed by atoms with Crippen LogP contribution in [0, 0.1) is 11.3 Å². The van der Waals surface area contributed by atoms with E-state index in [2.05, 4.69) is 14.9 Å². The Morgan fingerprint density at radius 3 is 2.47 bits per heavy atom. The van der Waals surface area contributed by atoms with Crippen LogP contribution in [0.2, 0.25) is 5.02 Å². The highest BCUT2D eigenvalue weighted by Crippen LogP contribution is 2.40. The number of anilines is 1. The SMILES string of the molecule is CN(C)C(=O)N1CCN(c2cc(S(=O)(=O)NC3(C#N)CC3)cn3c(-c4nnc(C(F)F)s4)cc(Cl)c23)CC1. The van der Waals surface area contributed by atoms with E-state index in [1.54, 1.807) is 19.0 Å². The molecule has 3 aromatic heterocycles. The Balaban J connectivity index is 1.62. The monoisotopic (exact) mass is 584 g/mol. The molecule has 1 aliphatic heterocycles. The van der Waals surface area contributed by atoms with Crippen molar-refractivity contribution in [1.29, 1.82) is 5.26 Å². The van der Waals surface area contributed by atoms with Crippen LogP contribution in [-0.4, -0.2) is 84.7 Å². The molecule has 0 aromatic carbocycles. The maximum absolute atomic E-state index is 13.4. The summed E-state index contributed by atoms with van der Waals surface area (Å²) in [6.07, 6.45) is -0.658. The Hall–Kier alpha value is -3.06. The number of piperazine rings is 1. The summed E-state index contributed by atoms with van der Waals surface area (Å²) in [6.45, 7) is 1.60. The van der Waals surface area contributed by atoms with E-state index in [4.69, 9.17) is 11.6 Å². The summed E-state index contributed by atoms with van der Waals surface area (Å²) in [5.74, 6) is 0. The first kappa shape index (κ1) is 26.5. The summed E-state index contributed by atoms with van der Waals surface area (Å²) in [5, 5.41) is 16.8. The van der Waals surface area contributed by atoms with Crippen molar-refractivity contribution in [2.24, 2.45) is 0 Å². The van der Waals surface area contributed by atoms with Crippen molar-refractivity contribution in [2.75, 3.05) is 45.2 Å². The molecule has 16 heteroatoms. The average Bonchev–Trinajstić information content (AvgIpc) is 3.31. The van der Waals surface area contributed by atoms with Crippen molar-refractivity contribution in [3.63, 3.8) is 0 Å². The first-order valence-electron chi connectivity index (χ1n) is 11.6. The predicted molar refractivity (Wildman–Crippen MR) is 137 cm³/mol. The van der Waals surface area contributed by atoms with Gasteiger partial charge in [0.1, 0.15) is 10.4 Å². The van der Waals surface area contributed by atoms with Gasteiger partial charge in [-0.25, -0.2) is 22.0 Å². The molecule has 0 radical (unpaired) electrons. The van der Waals surface area contributed by atoms with E-state index in [0.29, 0.717) is 67.3 Å². The third-order valence-corrected chi connectivity index (χ3v) is 9.24. The van der Waals surface area contributed by atoms with Crippen molar-refractivity contribution in [2.45, 2.75) is 29.7 Å². The molecule has 1 N–H and O–H groups in total. The fraction of sp³-hybridized carbons (Fsp3) is 0.455. The molecular formula is C22H23ClF2N8O3S2. The second-order valence-electron chi connectivity index (χ2n) is 9.35. The van der Waals surface area contributed by atoms with Gasteiger partial charge in [0.05, 0.1) is 28.0 Å². The Labute approximate surface area is 226 Å². The van der Waals surface area contributed by atoms with Gasteiger partial charge in [0.25, 0.3) is 6.43 Å². The van der Waals surface area contributed by atoms with Crippen molar-refractivity contribution in [3.8, 4) is 16.8 Å². The highest BCUT2D eigenvalue weighted by atomic mass is 35.5. The van der Waals surface area contributed by atoms with E-state index in [9.17, 15) is 27.3 Å². The molecule has 0 bridgehead atoms. The molecule has 1 aliphatic carbocycles. The lowest BCUT2D eigenvalue weighted by molar-refractivity contribution is 0.150. The minimum atomic E-state index is -4.14. The molecule has 2 amide bonds. The summed E-state index contributed by atoms with van der Waals surface area (Å²) in [5.41, 5.74) is 0.106. The summed E-state index contributed by atoms with van der Waals surface area (Å²) in [4.78, 5) is 17.4. The van der Waals surface area contributed by atoms with Crippen LogP contribution < -0.4 is 9.62 Å². The number of aromatic nitrogens is 3. The number of carbonyl (C=O) groups is 1. The number of nitrogens with one attached hydrogen (secondary N) is 1. The van der Waals surface area contributed by atoms with Crippen LogP contribution in [0.25, 0.3) is 16.2 Å². The molecule has 202 valence electrons. The molecular weight excluding hydrogens is 562 g/mol. The second-order valence-corrected chi connectivity index (χ2v) is 12.5. The van der Waals surface area contributed by atoms with Crippen LogP contribution in [0.5, 0.6) is 0 Å². The van der Waals surface area contributed by atoms with E-state index in [0.717, 1.165) is 0 Å². The molecule has 38 heavy (non-hydrogen) atoms. The quantitative estimate of drug-likeness (QED) is 0.471. The number of carbonyl (C=O) groups excluding carboxylic acids is 1. The van der Waals surface area contributed by atoms with Gasteiger partial charge in [-0.3, -0.25) is 0 Å². The van der Waals surface area contributed by atoms with Gasteiger partial charge in [0.15, 0.2) is 10.0 Å². The van der Waals surface area contributed by atoms with Gasteiger partial charge in [-0.05, 0) is 25.0 Å². The van der Waals surface area contributed by atoms with E-state index in [1.807, 2.05) is 11.0 Å². The average molecular weight is 585 g/mol. The molecule has 1 saturated carbocycles. The predicted octanol–water partition coefficient (Wildman–Crippen LogP) is 3.19. The molecule has 5 rings (SSSR count). The lowest BCUT2D eigenvalue weighted by Crippen LogP contribution is -2.51. The van der Waals surface area contributed by atoms with Crippen LogP contribution >= 0.6 is 22.9 Å². The number of hydrogen-bond acceptors (Lipinski definition) is 8. The number of amides is 2. The number of urea groups is 1. The zero-order valence-electron chi connectivity index (χ0n) is 20.4. The minimum absolute atomic E-state index is 0.125. The van der Waals surface area contributed by atoms with Gasteiger partial charge in [0, 0.05) is 46.5 Å². The topological polar surface area (TPSA) is 127 Å². The standard InChI is InChI=1S/C22H23ClF2N8O3S2/c1-30(2)21(34)32-7-5-31(6-8-32)15-9-13(38(35,36)29-22(12-26)3-4-22)11-33-16(10-14(23)17(15)33)19-27-28-20(37-19)18(24)25/h9-11,18,29H,3-8H2,1-2H3. The van der Waals surface area contributed by atoms with Crippen LogP contribution in [0.15, 0.2) is 23.2 Å². The van der Waals surface area contributed by atoms with Crippen LogP contribution in [0.4, 0.5) is 19.3 Å². The number of halogens is 3. The Morgan fingerprint density at radius 2 is 1.92 bits per heavy atom. The Morgan fingerprint density at radius 1 is 1.24 bits per heavy atom. The molecule has 1 saturated heterocycles. The van der Waals surface area contributed by atoms with Gasteiger partial charge >= 0.3 is 6.03 Å². The number of nitriles is 1. The molecule has 4 heterocycles.